The minimum absolute atomic E-state index is 0.0730. The largest absolute Gasteiger partial charge is 0.481 e. The van der Waals surface area contributed by atoms with Crippen molar-refractivity contribution < 1.29 is 24.0 Å². The first kappa shape index (κ1) is 19.4. The van der Waals surface area contributed by atoms with E-state index in [1.54, 1.807) is 49.4 Å². The highest BCUT2D eigenvalue weighted by atomic mass is 35.5. The fourth-order valence-electron chi connectivity index (χ4n) is 2.66. The number of benzene rings is 2. The van der Waals surface area contributed by atoms with E-state index in [1.165, 1.54) is 6.26 Å². The average Bonchev–Trinajstić information content (AvgIpc) is 3.10. The van der Waals surface area contributed by atoms with Gasteiger partial charge in [-0.2, -0.15) is 0 Å². The first-order valence-corrected chi connectivity index (χ1v) is 8.79. The van der Waals surface area contributed by atoms with Crippen LogP contribution in [-0.2, 0) is 16.0 Å². The van der Waals surface area contributed by atoms with Crippen LogP contribution in [0, 0.1) is 0 Å². The molecule has 7 nitrogen and oxygen atoms in total. The van der Waals surface area contributed by atoms with Gasteiger partial charge >= 0.3 is 12.1 Å². The monoisotopic (exact) mass is 400 g/mol. The lowest BCUT2D eigenvalue weighted by Gasteiger charge is -2.15. The van der Waals surface area contributed by atoms with Gasteiger partial charge in [0.05, 0.1) is 6.42 Å². The van der Waals surface area contributed by atoms with E-state index in [1.807, 2.05) is 6.07 Å². The molecule has 0 aliphatic rings. The Bertz CT molecular complexity index is 984. The number of ether oxygens (including phenoxy) is 1. The summed E-state index contributed by atoms with van der Waals surface area (Å²) in [5.74, 6) is -0.910. The number of hydrogen-bond acceptors (Lipinski definition) is 5. The predicted molar refractivity (Wildman–Crippen MR) is 103 cm³/mol. The SMILES string of the molecule is CC(OC(=O)Nc1conc1-c1ccc(CC(=O)O)cc1)c1ccccc1Cl. The number of nitrogens with zero attached hydrogens (tertiary/aromatic N) is 1. The van der Waals surface area contributed by atoms with Crippen LogP contribution >= 0.6 is 11.6 Å². The Kier molecular flexibility index (Phi) is 5.96. The van der Waals surface area contributed by atoms with Gasteiger partial charge in [-0.05, 0) is 18.6 Å². The van der Waals surface area contributed by atoms with Crippen LogP contribution in [-0.4, -0.2) is 22.3 Å². The topological polar surface area (TPSA) is 102 Å². The van der Waals surface area contributed by atoms with Crippen molar-refractivity contribution >= 4 is 29.4 Å². The molecular weight excluding hydrogens is 384 g/mol. The summed E-state index contributed by atoms with van der Waals surface area (Å²) in [6.45, 7) is 1.72. The Balaban J connectivity index is 1.69. The summed E-state index contributed by atoms with van der Waals surface area (Å²) in [5, 5.41) is 15.8. The molecule has 3 aromatic rings. The van der Waals surface area contributed by atoms with Gasteiger partial charge < -0.3 is 14.4 Å². The van der Waals surface area contributed by atoms with Gasteiger partial charge in [-0.15, -0.1) is 0 Å². The van der Waals surface area contributed by atoms with Crippen molar-refractivity contribution in [3.8, 4) is 11.3 Å². The normalized spacial score (nSPS) is 11.6. The number of carboxylic acid groups (broad SMARTS) is 1. The second kappa shape index (κ2) is 8.58. The Morgan fingerprint density at radius 2 is 1.93 bits per heavy atom. The number of aliphatic carboxylic acids is 1. The van der Waals surface area contributed by atoms with E-state index in [4.69, 9.17) is 26.0 Å². The van der Waals surface area contributed by atoms with Crippen molar-refractivity contribution in [2.45, 2.75) is 19.4 Å². The average molecular weight is 401 g/mol. The van der Waals surface area contributed by atoms with Crippen molar-refractivity contribution in [3.05, 3.63) is 70.9 Å². The second-order valence-corrected chi connectivity index (χ2v) is 6.45. The van der Waals surface area contributed by atoms with Crippen molar-refractivity contribution in [3.63, 3.8) is 0 Å². The lowest BCUT2D eigenvalue weighted by Crippen LogP contribution is -2.16. The van der Waals surface area contributed by atoms with Crippen LogP contribution in [0.5, 0.6) is 0 Å². The molecule has 2 aromatic carbocycles. The van der Waals surface area contributed by atoms with Crippen LogP contribution in [0.2, 0.25) is 5.02 Å². The number of carbonyl (C=O) groups is 2. The van der Waals surface area contributed by atoms with Gasteiger partial charge in [0.15, 0.2) is 0 Å². The number of halogens is 1. The first-order chi connectivity index (χ1) is 13.4. The van der Waals surface area contributed by atoms with Crippen LogP contribution in [0.3, 0.4) is 0 Å². The maximum absolute atomic E-state index is 12.3. The Labute approximate surface area is 165 Å². The zero-order valence-electron chi connectivity index (χ0n) is 14.9. The summed E-state index contributed by atoms with van der Waals surface area (Å²) < 4.78 is 10.3. The molecule has 144 valence electrons. The quantitative estimate of drug-likeness (QED) is 0.608. The number of aromatic nitrogens is 1. The first-order valence-electron chi connectivity index (χ1n) is 8.41. The molecule has 1 aromatic heterocycles. The molecule has 1 atom stereocenters. The smallest absolute Gasteiger partial charge is 0.412 e. The van der Waals surface area contributed by atoms with Gasteiger partial charge in [-0.1, -0.05) is 59.2 Å². The molecule has 0 saturated heterocycles. The van der Waals surface area contributed by atoms with Crippen LogP contribution in [0.1, 0.15) is 24.2 Å². The fraction of sp³-hybridized carbons (Fsp3) is 0.150. The van der Waals surface area contributed by atoms with Crippen LogP contribution in [0.25, 0.3) is 11.3 Å². The van der Waals surface area contributed by atoms with E-state index in [0.717, 1.165) is 0 Å². The van der Waals surface area contributed by atoms with E-state index in [2.05, 4.69) is 10.5 Å². The Morgan fingerprint density at radius 3 is 2.61 bits per heavy atom. The molecule has 2 N–H and O–H groups in total. The summed E-state index contributed by atoms with van der Waals surface area (Å²) >= 11 is 6.12. The molecule has 0 fully saturated rings. The van der Waals surface area contributed by atoms with E-state index >= 15 is 0 Å². The standard InChI is InChI=1S/C20H17ClN2O5/c1-12(15-4-2-3-5-16(15)21)28-20(26)22-17-11-27-23-19(17)14-8-6-13(7-9-14)10-18(24)25/h2-9,11-12H,10H2,1H3,(H,22,26)(H,24,25). The van der Waals surface area contributed by atoms with E-state index in [0.29, 0.717) is 33.1 Å². The molecule has 3 rings (SSSR count). The Hall–Kier alpha value is -3.32. The highest BCUT2D eigenvalue weighted by molar-refractivity contribution is 6.31. The van der Waals surface area contributed by atoms with Gasteiger partial charge in [0.2, 0.25) is 0 Å². The van der Waals surface area contributed by atoms with Gasteiger partial charge in [0.25, 0.3) is 0 Å². The maximum Gasteiger partial charge on any atom is 0.412 e. The number of amides is 1. The van der Waals surface area contributed by atoms with Crippen molar-refractivity contribution in [2.75, 3.05) is 5.32 Å². The lowest BCUT2D eigenvalue weighted by molar-refractivity contribution is -0.136. The minimum atomic E-state index is -0.910. The molecule has 28 heavy (non-hydrogen) atoms. The summed E-state index contributed by atoms with van der Waals surface area (Å²) in [5.41, 5.74) is 2.75. The predicted octanol–water partition coefficient (Wildman–Crippen LogP) is 4.93. The molecule has 0 saturated carbocycles. The fourth-order valence-corrected chi connectivity index (χ4v) is 2.95. The molecular formula is C20H17ClN2O5. The number of rotatable bonds is 6. The third-order valence-corrected chi connectivity index (χ3v) is 4.36. The third kappa shape index (κ3) is 4.69. The summed E-state index contributed by atoms with van der Waals surface area (Å²) in [6.07, 6.45) is -0.00931. The number of anilines is 1. The van der Waals surface area contributed by atoms with Crippen molar-refractivity contribution in [1.29, 1.82) is 0 Å². The number of carboxylic acids is 1. The van der Waals surface area contributed by atoms with Crippen molar-refractivity contribution in [1.82, 2.24) is 5.16 Å². The molecule has 1 heterocycles. The van der Waals surface area contributed by atoms with Gasteiger partial charge in [0, 0.05) is 16.1 Å². The highest BCUT2D eigenvalue weighted by Gasteiger charge is 2.18. The molecule has 1 amide bonds. The number of hydrogen-bond donors (Lipinski definition) is 2. The number of carbonyl (C=O) groups excluding carboxylic acids is 1. The molecule has 0 radical (unpaired) electrons. The molecule has 0 aliphatic heterocycles. The molecule has 1 unspecified atom stereocenters. The van der Waals surface area contributed by atoms with Crippen molar-refractivity contribution in [2.24, 2.45) is 0 Å². The summed E-state index contributed by atoms with van der Waals surface area (Å²) in [7, 11) is 0. The van der Waals surface area contributed by atoms with Crippen LogP contribution < -0.4 is 5.32 Å². The van der Waals surface area contributed by atoms with Crippen LogP contribution in [0.4, 0.5) is 10.5 Å². The minimum Gasteiger partial charge on any atom is -0.481 e. The van der Waals surface area contributed by atoms with E-state index in [9.17, 15) is 9.59 Å². The number of nitrogens with one attached hydrogen (secondary N) is 1. The van der Waals surface area contributed by atoms with E-state index in [-0.39, 0.29) is 6.42 Å². The van der Waals surface area contributed by atoms with Gasteiger partial charge in [-0.3, -0.25) is 10.1 Å². The highest BCUT2D eigenvalue weighted by Crippen LogP contribution is 2.29. The van der Waals surface area contributed by atoms with Gasteiger partial charge in [0.1, 0.15) is 23.7 Å². The lowest BCUT2D eigenvalue weighted by atomic mass is 10.1. The molecule has 0 bridgehead atoms. The molecule has 0 spiro atoms. The van der Waals surface area contributed by atoms with Crippen LogP contribution in [0.15, 0.2) is 59.3 Å². The zero-order chi connectivity index (χ0) is 20.1. The Morgan fingerprint density at radius 1 is 1.21 bits per heavy atom. The van der Waals surface area contributed by atoms with E-state index < -0.39 is 18.2 Å². The molecule has 8 heteroatoms. The third-order valence-electron chi connectivity index (χ3n) is 4.02. The van der Waals surface area contributed by atoms with Gasteiger partial charge in [-0.25, -0.2) is 4.79 Å². The summed E-state index contributed by atoms with van der Waals surface area (Å²) in [4.78, 5) is 23.0. The maximum atomic E-state index is 12.3. The molecule has 0 aliphatic carbocycles. The summed E-state index contributed by atoms with van der Waals surface area (Å²) in [6, 6.07) is 13.9. The zero-order valence-corrected chi connectivity index (χ0v) is 15.6. The second-order valence-electron chi connectivity index (χ2n) is 6.04.